The molecule has 0 aliphatic heterocycles. The van der Waals surface area contributed by atoms with Crippen molar-refractivity contribution in [3.8, 4) is 0 Å². The zero-order valence-corrected chi connectivity index (χ0v) is 18.0. The van der Waals surface area contributed by atoms with Crippen LogP contribution < -0.4 is 10.6 Å². The van der Waals surface area contributed by atoms with Crippen LogP contribution in [0.15, 0.2) is 29.4 Å². The van der Waals surface area contributed by atoms with Crippen LogP contribution in [0.3, 0.4) is 0 Å². The van der Waals surface area contributed by atoms with Crippen LogP contribution in [0.5, 0.6) is 0 Å². The highest BCUT2D eigenvalue weighted by molar-refractivity contribution is 7.85. The van der Waals surface area contributed by atoms with E-state index < -0.39 is 10.8 Å². The van der Waals surface area contributed by atoms with E-state index in [0.29, 0.717) is 18.3 Å². The number of likely N-dealkylation sites (N-methyl/N-ethyl adjacent to an activating group) is 1. The largest absolute Gasteiger partial charge is 0.354 e. The highest BCUT2D eigenvalue weighted by Crippen LogP contribution is 2.22. The van der Waals surface area contributed by atoms with Gasteiger partial charge in [-0.1, -0.05) is 19.4 Å². The normalized spacial score (nSPS) is 21.0. The minimum Gasteiger partial charge on any atom is -0.354 e. The molecule has 156 valence electrons. The molecule has 1 heterocycles. The van der Waals surface area contributed by atoms with Gasteiger partial charge < -0.3 is 15.5 Å². The van der Waals surface area contributed by atoms with Gasteiger partial charge in [0.25, 0.3) is 0 Å². The van der Waals surface area contributed by atoms with Gasteiger partial charge in [-0.15, -0.1) is 0 Å². The number of pyridine rings is 1. The summed E-state index contributed by atoms with van der Waals surface area (Å²) >= 11 is 0. The predicted molar refractivity (Wildman–Crippen MR) is 115 cm³/mol. The minimum absolute atomic E-state index is 0.00693. The summed E-state index contributed by atoms with van der Waals surface area (Å²) in [6.45, 7) is 2.79. The molecule has 28 heavy (non-hydrogen) atoms. The van der Waals surface area contributed by atoms with Gasteiger partial charge in [0.15, 0.2) is 5.96 Å². The van der Waals surface area contributed by atoms with E-state index in [1.165, 1.54) is 0 Å². The average Bonchev–Trinajstić information content (AvgIpc) is 2.74. The maximum absolute atomic E-state index is 12.4. The minimum atomic E-state index is -0.753. The Morgan fingerprint density at radius 3 is 2.89 bits per heavy atom. The number of carbonyl (C=O) groups excluding carboxylic acids is 1. The van der Waals surface area contributed by atoms with Crippen LogP contribution >= 0.6 is 0 Å². The quantitative estimate of drug-likeness (QED) is 0.501. The Hall–Kier alpha value is -1.96. The lowest BCUT2D eigenvalue weighted by atomic mass is 9.95. The fourth-order valence-electron chi connectivity index (χ4n) is 3.39. The van der Waals surface area contributed by atoms with Crippen LogP contribution in [0.25, 0.3) is 0 Å². The number of guanidine groups is 1. The molecule has 7 nitrogen and oxygen atoms in total. The molecule has 3 atom stereocenters. The van der Waals surface area contributed by atoms with E-state index in [1.807, 2.05) is 25.1 Å². The molecule has 0 radical (unpaired) electrons. The van der Waals surface area contributed by atoms with Crippen LogP contribution in [0.1, 0.15) is 38.3 Å². The van der Waals surface area contributed by atoms with Crippen molar-refractivity contribution in [2.45, 2.75) is 50.3 Å². The zero-order valence-electron chi connectivity index (χ0n) is 17.2. The number of hydrogen-bond acceptors (Lipinski definition) is 4. The Balaban J connectivity index is 1.74. The smallest absolute Gasteiger partial charge is 0.241 e. The van der Waals surface area contributed by atoms with E-state index in [0.717, 1.165) is 37.8 Å². The van der Waals surface area contributed by atoms with Gasteiger partial charge in [-0.25, -0.2) is 0 Å². The molecule has 2 N–H and O–H groups in total. The van der Waals surface area contributed by atoms with Crippen molar-refractivity contribution < 1.29 is 9.00 Å². The fourth-order valence-corrected chi connectivity index (χ4v) is 4.73. The second-order valence-electron chi connectivity index (χ2n) is 7.11. The lowest BCUT2D eigenvalue weighted by Gasteiger charge is -2.30. The van der Waals surface area contributed by atoms with Gasteiger partial charge >= 0.3 is 0 Å². The molecule has 0 bridgehead atoms. The van der Waals surface area contributed by atoms with Gasteiger partial charge in [0, 0.05) is 66.8 Å². The van der Waals surface area contributed by atoms with Crippen LogP contribution in [-0.2, 0) is 22.0 Å². The predicted octanol–water partition coefficient (Wildman–Crippen LogP) is 1.33. The number of carbonyl (C=O) groups is 1. The number of aliphatic imine (C=N–C) groups is 1. The van der Waals surface area contributed by atoms with Gasteiger partial charge in [-0.3, -0.25) is 19.0 Å². The standard InChI is InChI=1S/C20H33N5O2S/c1-4-28(27)18-10-7-9-17(14-18)24-20(21-2)23-15-19(26)25(3)13-11-16-8-5-6-12-22-16/h5-6,8,12,17-18H,4,7,9-11,13-15H2,1-3H3,(H2,21,23,24). The van der Waals surface area contributed by atoms with Crippen LogP contribution in [-0.4, -0.2) is 70.2 Å². The van der Waals surface area contributed by atoms with Crippen molar-refractivity contribution in [1.82, 2.24) is 20.5 Å². The van der Waals surface area contributed by atoms with Crippen molar-refractivity contribution in [2.75, 3.05) is 32.9 Å². The molecule has 2 rings (SSSR count). The molecule has 1 aromatic rings. The second kappa shape index (κ2) is 11.8. The Bertz CT molecular complexity index is 668. The Labute approximate surface area is 170 Å². The first-order chi connectivity index (χ1) is 13.5. The third-order valence-corrected chi connectivity index (χ3v) is 6.85. The molecule has 1 aromatic heterocycles. The van der Waals surface area contributed by atoms with E-state index >= 15 is 0 Å². The summed E-state index contributed by atoms with van der Waals surface area (Å²) in [5.41, 5.74) is 0.976. The van der Waals surface area contributed by atoms with Crippen molar-refractivity contribution in [2.24, 2.45) is 4.99 Å². The van der Waals surface area contributed by atoms with Gasteiger partial charge in [-0.2, -0.15) is 0 Å². The van der Waals surface area contributed by atoms with Crippen LogP contribution in [0.2, 0.25) is 0 Å². The third-order valence-electron chi connectivity index (χ3n) is 5.11. The molecule has 1 aliphatic carbocycles. The van der Waals surface area contributed by atoms with E-state index in [4.69, 9.17) is 0 Å². The van der Waals surface area contributed by atoms with Crippen molar-refractivity contribution >= 4 is 22.7 Å². The fraction of sp³-hybridized carbons (Fsp3) is 0.650. The van der Waals surface area contributed by atoms with Crippen molar-refractivity contribution in [3.05, 3.63) is 30.1 Å². The molecule has 1 saturated carbocycles. The van der Waals surface area contributed by atoms with E-state index in [9.17, 15) is 9.00 Å². The molecule has 0 aromatic carbocycles. The average molecular weight is 408 g/mol. The number of nitrogens with one attached hydrogen (secondary N) is 2. The van der Waals surface area contributed by atoms with Crippen molar-refractivity contribution in [1.29, 1.82) is 0 Å². The van der Waals surface area contributed by atoms with E-state index in [1.54, 1.807) is 25.2 Å². The molecule has 3 unspecified atom stereocenters. The summed E-state index contributed by atoms with van der Waals surface area (Å²) in [6, 6.07) is 6.05. The monoisotopic (exact) mass is 407 g/mol. The van der Waals surface area contributed by atoms with Gasteiger partial charge in [0.05, 0.1) is 6.54 Å². The Morgan fingerprint density at radius 2 is 2.21 bits per heavy atom. The summed E-state index contributed by atoms with van der Waals surface area (Å²) < 4.78 is 12.1. The first-order valence-electron chi connectivity index (χ1n) is 10.0. The lowest BCUT2D eigenvalue weighted by Crippen LogP contribution is -2.49. The third kappa shape index (κ3) is 7.22. The summed E-state index contributed by atoms with van der Waals surface area (Å²) in [7, 11) is 2.75. The van der Waals surface area contributed by atoms with E-state index in [-0.39, 0.29) is 23.7 Å². The number of amides is 1. The Kier molecular flexibility index (Phi) is 9.40. The summed E-state index contributed by atoms with van der Waals surface area (Å²) in [5, 5.41) is 6.76. The molecule has 1 amide bonds. The summed E-state index contributed by atoms with van der Waals surface area (Å²) in [6.07, 6.45) is 6.52. The first-order valence-corrected chi connectivity index (χ1v) is 11.4. The number of nitrogens with zero attached hydrogens (tertiary/aromatic N) is 3. The molecule has 1 fully saturated rings. The SMILES string of the molecule is CCS(=O)C1CCCC(NC(=NC)NCC(=O)N(C)CCc2ccccn2)C1. The molecule has 0 spiro atoms. The molecule has 1 aliphatic rings. The van der Waals surface area contributed by atoms with E-state index in [2.05, 4.69) is 20.6 Å². The van der Waals surface area contributed by atoms with Crippen LogP contribution in [0.4, 0.5) is 0 Å². The van der Waals surface area contributed by atoms with Crippen molar-refractivity contribution in [3.63, 3.8) is 0 Å². The maximum Gasteiger partial charge on any atom is 0.241 e. The lowest BCUT2D eigenvalue weighted by molar-refractivity contribution is -0.128. The molecule has 0 saturated heterocycles. The molecule has 8 heteroatoms. The topological polar surface area (TPSA) is 86.7 Å². The number of aromatic nitrogens is 1. The first kappa shape index (κ1) is 22.3. The second-order valence-corrected chi connectivity index (χ2v) is 9.12. The van der Waals surface area contributed by atoms with Crippen LogP contribution in [0, 0.1) is 0 Å². The number of rotatable bonds is 8. The summed E-state index contributed by atoms with van der Waals surface area (Å²) in [4.78, 5) is 22.6. The number of hydrogen-bond donors (Lipinski definition) is 2. The van der Waals surface area contributed by atoms with Gasteiger partial charge in [0.1, 0.15) is 0 Å². The molecular weight excluding hydrogens is 374 g/mol. The Morgan fingerprint density at radius 1 is 1.39 bits per heavy atom. The van der Waals surface area contributed by atoms with Gasteiger partial charge in [0.2, 0.25) is 5.91 Å². The highest BCUT2D eigenvalue weighted by atomic mass is 32.2. The maximum atomic E-state index is 12.4. The van der Waals surface area contributed by atoms with Gasteiger partial charge in [-0.05, 0) is 31.4 Å². The highest BCUT2D eigenvalue weighted by Gasteiger charge is 2.26. The molecular formula is C20H33N5O2S. The zero-order chi connectivity index (χ0) is 20.4. The summed E-state index contributed by atoms with van der Waals surface area (Å²) in [5.74, 6) is 1.34.